The van der Waals surface area contributed by atoms with Crippen molar-refractivity contribution in [2.24, 2.45) is 0 Å². The molecular formula is C10H17N3O. The second kappa shape index (κ2) is 4.97. The minimum atomic E-state index is -0.0234. The molecule has 0 saturated carbocycles. The quantitative estimate of drug-likeness (QED) is 0.643. The van der Waals surface area contributed by atoms with Gasteiger partial charge in [-0.3, -0.25) is 4.79 Å². The molecule has 0 aromatic heterocycles. The van der Waals surface area contributed by atoms with E-state index in [1.165, 1.54) is 0 Å². The normalized spacial score (nSPS) is 18.3. The molecule has 1 heterocycles. The van der Waals surface area contributed by atoms with E-state index in [1.807, 2.05) is 6.07 Å². The molecule has 4 heteroatoms. The predicted octanol–water partition coefficient (Wildman–Crippen LogP) is 0.453. The molecule has 1 amide bonds. The van der Waals surface area contributed by atoms with Crippen LogP contribution in [0.5, 0.6) is 0 Å². The fourth-order valence-corrected chi connectivity index (χ4v) is 1.81. The molecule has 1 rings (SSSR count). The fourth-order valence-electron chi connectivity index (χ4n) is 1.81. The predicted molar refractivity (Wildman–Crippen MR) is 53.5 cm³/mol. The Labute approximate surface area is 85.1 Å². The highest BCUT2D eigenvalue weighted by Gasteiger charge is 2.23. The molecule has 14 heavy (non-hydrogen) atoms. The van der Waals surface area contributed by atoms with Crippen molar-refractivity contribution in [3.8, 4) is 6.07 Å². The van der Waals surface area contributed by atoms with Gasteiger partial charge in [0.25, 0.3) is 0 Å². The number of likely N-dealkylation sites (tertiary alicyclic amines) is 1. The Morgan fingerprint density at radius 1 is 1.50 bits per heavy atom. The van der Waals surface area contributed by atoms with Crippen LogP contribution in [-0.2, 0) is 4.79 Å². The van der Waals surface area contributed by atoms with Crippen molar-refractivity contribution in [1.82, 2.24) is 9.80 Å². The molecule has 78 valence electrons. The molecule has 0 radical (unpaired) electrons. The summed E-state index contributed by atoms with van der Waals surface area (Å²) in [5.41, 5.74) is 0. The Kier molecular flexibility index (Phi) is 3.90. The van der Waals surface area contributed by atoms with E-state index in [-0.39, 0.29) is 12.3 Å². The van der Waals surface area contributed by atoms with Gasteiger partial charge in [0.1, 0.15) is 6.42 Å². The van der Waals surface area contributed by atoms with Crippen molar-refractivity contribution < 1.29 is 4.79 Å². The second-order valence-corrected chi connectivity index (χ2v) is 3.91. The van der Waals surface area contributed by atoms with Crippen molar-refractivity contribution in [3.05, 3.63) is 0 Å². The topological polar surface area (TPSA) is 47.3 Å². The number of carbonyl (C=O) groups is 1. The molecule has 1 aliphatic rings. The van der Waals surface area contributed by atoms with Crippen molar-refractivity contribution in [3.63, 3.8) is 0 Å². The Balaban J connectivity index is 2.36. The van der Waals surface area contributed by atoms with Crippen LogP contribution >= 0.6 is 0 Å². The average Bonchev–Trinajstić information content (AvgIpc) is 2.18. The van der Waals surface area contributed by atoms with Gasteiger partial charge < -0.3 is 9.80 Å². The van der Waals surface area contributed by atoms with E-state index in [4.69, 9.17) is 5.26 Å². The third kappa shape index (κ3) is 2.71. The largest absolute Gasteiger partial charge is 0.342 e. The zero-order valence-electron chi connectivity index (χ0n) is 8.86. The van der Waals surface area contributed by atoms with Crippen LogP contribution < -0.4 is 0 Å². The molecule has 0 aromatic carbocycles. The Bertz CT molecular complexity index is 236. The van der Waals surface area contributed by atoms with Gasteiger partial charge in [0.05, 0.1) is 6.07 Å². The van der Waals surface area contributed by atoms with Gasteiger partial charge in [-0.15, -0.1) is 0 Å². The number of nitrogens with zero attached hydrogens (tertiary/aromatic N) is 3. The maximum Gasteiger partial charge on any atom is 0.236 e. The Morgan fingerprint density at radius 3 is 2.50 bits per heavy atom. The highest BCUT2D eigenvalue weighted by Crippen LogP contribution is 2.14. The first-order chi connectivity index (χ1) is 6.65. The van der Waals surface area contributed by atoms with Crippen LogP contribution in [0.2, 0.25) is 0 Å². The summed E-state index contributed by atoms with van der Waals surface area (Å²) in [4.78, 5) is 15.4. The van der Waals surface area contributed by atoms with Crippen molar-refractivity contribution >= 4 is 5.91 Å². The first-order valence-electron chi connectivity index (χ1n) is 4.96. The molecule has 0 aliphatic carbocycles. The number of carbonyl (C=O) groups excluding carboxylic acids is 1. The van der Waals surface area contributed by atoms with Gasteiger partial charge in [-0.25, -0.2) is 0 Å². The molecule has 0 unspecified atom stereocenters. The molecule has 1 fully saturated rings. The summed E-state index contributed by atoms with van der Waals surface area (Å²) in [6, 6.07) is 2.48. The lowest BCUT2D eigenvalue weighted by atomic mass is 10.0. The van der Waals surface area contributed by atoms with E-state index in [2.05, 4.69) is 19.0 Å². The fraction of sp³-hybridized carbons (Fsp3) is 0.800. The van der Waals surface area contributed by atoms with Crippen LogP contribution in [0.4, 0.5) is 0 Å². The molecule has 0 bridgehead atoms. The summed E-state index contributed by atoms with van der Waals surface area (Å²) in [7, 11) is 4.13. The molecule has 4 nitrogen and oxygen atoms in total. The lowest BCUT2D eigenvalue weighted by Crippen LogP contribution is -2.44. The highest BCUT2D eigenvalue weighted by atomic mass is 16.2. The number of rotatable bonds is 2. The number of piperidine rings is 1. The first-order valence-corrected chi connectivity index (χ1v) is 4.96. The highest BCUT2D eigenvalue weighted by molar-refractivity contribution is 5.78. The molecule has 0 atom stereocenters. The minimum Gasteiger partial charge on any atom is -0.342 e. The van der Waals surface area contributed by atoms with E-state index < -0.39 is 0 Å². The standard InChI is InChI=1S/C10H17N3O/c1-12(2)9-4-7-13(8-5-9)10(14)3-6-11/h9H,3-5,7-8H2,1-2H3. The van der Waals surface area contributed by atoms with Crippen LogP contribution in [0, 0.1) is 11.3 Å². The zero-order valence-corrected chi connectivity index (χ0v) is 8.86. The maximum atomic E-state index is 11.4. The first kappa shape index (κ1) is 11.0. The van der Waals surface area contributed by atoms with E-state index >= 15 is 0 Å². The number of hydrogen-bond acceptors (Lipinski definition) is 3. The molecule has 0 N–H and O–H groups in total. The van der Waals surface area contributed by atoms with Crippen LogP contribution in [-0.4, -0.2) is 48.9 Å². The summed E-state index contributed by atoms with van der Waals surface area (Å²) in [6.07, 6.45) is 2.06. The zero-order chi connectivity index (χ0) is 10.6. The van der Waals surface area contributed by atoms with Gasteiger partial charge >= 0.3 is 0 Å². The van der Waals surface area contributed by atoms with E-state index in [1.54, 1.807) is 4.90 Å². The van der Waals surface area contributed by atoms with Crippen LogP contribution in [0.25, 0.3) is 0 Å². The Morgan fingerprint density at radius 2 is 2.07 bits per heavy atom. The lowest BCUT2D eigenvalue weighted by molar-refractivity contribution is -0.131. The molecular weight excluding hydrogens is 178 g/mol. The maximum absolute atomic E-state index is 11.4. The third-order valence-electron chi connectivity index (χ3n) is 2.78. The monoisotopic (exact) mass is 195 g/mol. The summed E-state index contributed by atoms with van der Waals surface area (Å²) in [5.74, 6) is -0.0234. The minimum absolute atomic E-state index is 0.0205. The van der Waals surface area contributed by atoms with Crippen LogP contribution in [0.15, 0.2) is 0 Å². The van der Waals surface area contributed by atoms with Gasteiger partial charge in [0.15, 0.2) is 0 Å². The van der Waals surface area contributed by atoms with E-state index in [0.29, 0.717) is 6.04 Å². The summed E-state index contributed by atoms with van der Waals surface area (Å²) in [6.45, 7) is 1.59. The van der Waals surface area contributed by atoms with Gasteiger partial charge in [0.2, 0.25) is 5.91 Å². The molecule has 0 aromatic rings. The number of amides is 1. The van der Waals surface area contributed by atoms with Gasteiger partial charge in [-0.1, -0.05) is 0 Å². The summed E-state index contributed by atoms with van der Waals surface area (Å²) < 4.78 is 0. The molecule has 0 spiro atoms. The molecule has 1 saturated heterocycles. The molecule has 1 aliphatic heterocycles. The van der Waals surface area contributed by atoms with E-state index in [9.17, 15) is 4.79 Å². The smallest absolute Gasteiger partial charge is 0.236 e. The number of nitriles is 1. The van der Waals surface area contributed by atoms with Crippen molar-refractivity contribution in [2.45, 2.75) is 25.3 Å². The average molecular weight is 195 g/mol. The lowest BCUT2D eigenvalue weighted by Gasteiger charge is -2.34. The summed E-state index contributed by atoms with van der Waals surface area (Å²) in [5, 5.41) is 8.40. The van der Waals surface area contributed by atoms with Gasteiger partial charge in [-0.05, 0) is 26.9 Å². The van der Waals surface area contributed by atoms with Gasteiger partial charge in [-0.2, -0.15) is 5.26 Å². The Hall–Kier alpha value is -1.08. The van der Waals surface area contributed by atoms with Crippen molar-refractivity contribution in [1.29, 1.82) is 5.26 Å². The number of hydrogen-bond donors (Lipinski definition) is 0. The van der Waals surface area contributed by atoms with Crippen LogP contribution in [0.1, 0.15) is 19.3 Å². The summed E-state index contributed by atoms with van der Waals surface area (Å²) >= 11 is 0. The van der Waals surface area contributed by atoms with Crippen molar-refractivity contribution in [2.75, 3.05) is 27.2 Å². The third-order valence-corrected chi connectivity index (χ3v) is 2.78. The van der Waals surface area contributed by atoms with Crippen LogP contribution in [0.3, 0.4) is 0 Å². The van der Waals surface area contributed by atoms with E-state index in [0.717, 1.165) is 25.9 Å². The SMILES string of the molecule is CN(C)C1CCN(C(=O)CC#N)CC1. The van der Waals surface area contributed by atoms with Gasteiger partial charge in [0, 0.05) is 19.1 Å². The second-order valence-electron chi connectivity index (χ2n) is 3.91.